The van der Waals surface area contributed by atoms with E-state index < -0.39 is 0 Å². The Balaban J connectivity index is 0. The van der Waals surface area contributed by atoms with Gasteiger partial charge >= 0.3 is 0 Å². The van der Waals surface area contributed by atoms with Crippen molar-refractivity contribution >= 4 is 6.29 Å². The average molecular weight is 551 g/mol. The number of carbonyl (C=O) groups is 1. The molecule has 0 aliphatic rings. The summed E-state index contributed by atoms with van der Waals surface area (Å²) in [6.45, 7) is 23.9. The van der Waals surface area contributed by atoms with Crippen molar-refractivity contribution in [3.05, 3.63) is 23.8 Å². The van der Waals surface area contributed by atoms with Crippen LogP contribution in [-0.2, 0) is 9.53 Å². The number of ether oxygens (including phenoxy) is 3. The van der Waals surface area contributed by atoms with Gasteiger partial charge in [0.05, 0.1) is 6.61 Å². The van der Waals surface area contributed by atoms with E-state index >= 15 is 0 Å². The lowest BCUT2D eigenvalue weighted by atomic mass is 9.69. The van der Waals surface area contributed by atoms with Gasteiger partial charge in [-0.1, -0.05) is 121 Å². The molecule has 0 saturated heterocycles. The second kappa shape index (κ2) is 24.3. The molecule has 0 bridgehead atoms. The second-order valence-corrected chi connectivity index (χ2v) is 12.6. The molecule has 0 amide bonds. The van der Waals surface area contributed by atoms with Crippen LogP contribution in [0.2, 0.25) is 0 Å². The van der Waals surface area contributed by atoms with Crippen molar-refractivity contribution < 1.29 is 19.0 Å². The predicted octanol–water partition coefficient (Wildman–Crippen LogP) is 10.8. The molecular weight excluding hydrogens is 484 g/mol. The molecule has 1 unspecified atom stereocenters. The smallest absolute Gasteiger partial charge is 0.157 e. The lowest BCUT2D eigenvalue weighted by molar-refractivity contribution is -0.109. The van der Waals surface area contributed by atoms with E-state index in [1.54, 1.807) is 7.11 Å². The van der Waals surface area contributed by atoms with Crippen LogP contribution in [0.15, 0.2) is 18.2 Å². The van der Waals surface area contributed by atoms with E-state index in [1.165, 1.54) is 63.4 Å². The number of benzene rings is 1. The first-order valence-electron chi connectivity index (χ1n) is 15.8. The Bertz CT molecular complexity index is 681. The predicted molar refractivity (Wildman–Crippen MR) is 171 cm³/mol. The highest BCUT2D eigenvalue weighted by atomic mass is 16.5. The number of methoxy groups -OCH3 is 1. The van der Waals surface area contributed by atoms with E-state index in [0.717, 1.165) is 43.8 Å². The van der Waals surface area contributed by atoms with Gasteiger partial charge < -0.3 is 14.2 Å². The Morgan fingerprint density at radius 1 is 0.718 bits per heavy atom. The maximum absolute atomic E-state index is 10.8. The molecule has 0 N–H and O–H groups in total. The number of aldehydes is 1. The Labute approximate surface area is 244 Å². The third-order valence-corrected chi connectivity index (χ3v) is 6.45. The molecule has 0 heterocycles. The van der Waals surface area contributed by atoms with Crippen LogP contribution in [-0.4, -0.2) is 33.2 Å². The maximum atomic E-state index is 10.8. The summed E-state index contributed by atoms with van der Waals surface area (Å²) in [5.41, 5.74) is 1.57. The summed E-state index contributed by atoms with van der Waals surface area (Å²) in [6, 6.07) is 6.20. The van der Waals surface area contributed by atoms with Gasteiger partial charge in [-0.05, 0) is 53.7 Å². The molecule has 39 heavy (non-hydrogen) atoms. The first kappa shape index (κ1) is 39.6. The van der Waals surface area contributed by atoms with Crippen molar-refractivity contribution in [3.8, 4) is 11.5 Å². The SMILES string of the molecule is CC.CCCCCCCCCCOc1cc(OCC=O)cc(C(CC(C)(C)C)C(C)(C)C)c1.CCCCOC. The fourth-order valence-electron chi connectivity index (χ4n) is 4.34. The third-order valence-electron chi connectivity index (χ3n) is 6.45. The summed E-state index contributed by atoms with van der Waals surface area (Å²) in [4.78, 5) is 10.8. The topological polar surface area (TPSA) is 44.8 Å². The number of hydrogen-bond acceptors (Lipinski definition) is 4. The fourth-order valence-corrected chi connectivity index (χ4v) is 4.34. The minimum absolute atomic E-state index is 0.0698. The van der Waals surface area contributed by atoms with Gasteiger partial charge in [-0.3, -0.25) is 4.79 Å². The highest BCUT2D eigenvalue weighted by Crippen LogP contribution is 2.44. The summed E-state index contributed by atoms with van der Waals surface area (Å²) >= 11 is 0. The van der Waals surface area contributed by atoms with Crippen LogP contribution in [0, 0.1) is 10.8 Å². The van der Waals surface area contributed by atoms with Crippen LogP contribution < -0.4 is 9.47 Å². The van der Waals surface area contributed by atoms with E-state index in [9.17, 15) is 4.79 Å². The summed E-state index contributed by atoms with van der Waals surface area (Å²) in [5, 5.41) is 0. The Kier molecular flexibility index (Phi) is 24.6. The van der Waals surface area contributed by atoms with Crippen LogP contribution in [0.25, 0.3) is 0 Å². The highest BCUT2D eigenvalue weighted by molar-refractivity contribution is 5.52. The molecule has 1 rings (SSSR count). The number of hydrogen-bond donors (Lipinski definition) is 0. The van der Waals surface area contributed by atoms with Gasteiger partial charge in [0.15, 0.2) is 6.29 Å². The molecule has 0 fully saturated rings. The van der Waals surface area contributed by atoms with Crippen LogP contribution in [0.1, 0.15) is 151 Å². The van der Waals surface area contributed by atoms with E-state index in [0.29, 0.717) is 5.92 Å². The van der Waals surface area contributed by atoms with Crippen LogP contribution in [0.4, 0.5) is 0 Å². The molecule has 1 aromatic rings. The van der Waals surface area contributed by atoms with Gasteiger partial charge in [-0.2, -0.15) is 0 Å². The average Bonchev–Trinajstić information content (AvgIpc) is 2.88. The Morgan fingerprint density at radius 2 is 1.23 bits per heavy atom. The van der Waals surface area contributed by atoms with Crippen LogP contribution in [0.3, 0.4) is 0 Å². The molecule has 0 spiro atoms. The van der Waals surface area contributed by atoms with Gasteiger partial charge in [0.25, 0.3) is 0 Å². The minimum Gasteiger partial charge on any atom is -0.493 e. The molecule has 0 aromatic heterocycles. The normalized spacial score (nSPS) is 12.0. The van der Waals surface area contributed by atoms with E-state index in [-0.39, 0.29) is 17.4 Å². The van der Waals surface area contributed by atoms with Crippen molar-refractivity contribution in [2.45, 2.75) is 146 Å². The monoisotopic (exact) mass is 550 g/mol. The third kappa shape index (κ3) is 22.9. The van der Waals surface area contributed by atoms with E-state index in [2.05, 4.69) is 67.5 Å². The summed E-state index contributed by atoms with van der Waals surface area (Å²) in [7, 11) is 1.73. The highest BCUT2D eigenvalue weighted by Gasteiger charge is 2.31. The van der Waals surface area contributed by atoms with Crippen molar-refractivity contribution in [1.82, 2.24) is 0 Å². The van der Waals surface area contributed by atoms with Crippen LogP contribution >= 0.6 is 0 Å². The van der Waals surface area contributed by atoms with Crippen molar-refractivity contribution in [2.24, 2.45) is 10.8 Å². The lowest BCUT2D eigenvalue weighted by Crippen LogP contribution is -2.24. The number of rotatable bonds is 18. The molecule has 1 aromatic carbocycles. The quantitative estimate of drug-likeness (QED) is 0.135. The van der Waals surface area contributed by atoms with Crippen molar-refractivity contribution in [3.63, 3.8) is 0 Å². The van der Waals surface area contributed by atoms with Gasteiger partial charge in [0.2, 0.25) is 0 Å². The van der Waals surface area contributed by atoms with Crippen molar-refractivity contribution in [1.29, 1.82) is 0 Å². The fraction of sp³-hybridized carbons (Fsp3) is 0.800. The van der Waals surface area contributed by atoms with E-state index in [1.807, 2.05) is 19.9 Å². The second-order valence-electron chi connectivity index (χ2n) is 12.6. The Hall–Kier alpha value is -1.55. The zero-order valence-electron chi connectivity index (χ0n) is 27.9. The molecule has 0 saturated carbocycles. The van der Waals surface area contributed by atoms with E-state index in [4.69, 9.17) is 14.2 Å². The van der Waals surface area contributed by atoms with Crippen molar-refractivity contribution in [2.75, 3.05) is 26.9 Å². The number of unbranched alkanes of at least 4 members (excludes halogenated alkanes) is 8. The maximum Gasteiger partial charge on any atom is 0.157 e. The first-order chi connectivity index (χ1) is 18.5. The number of carbonyl (C=O) groups excluding carboxylic acids is 1. The van der Waals surface area contributed by atoms with Gasteiger partial charge in [-0.15, -0.1) is 0 Å². The summed E-state index contributed by atoms with van der Waals surface area (Å²) < 4.78 is 16.6. The largest absolute Gasteiger partial charge is 0.493 e. The van der Waals surface area contributed by atoms with Gasteiger partial charge in [-0.25, -0.2) is 0 Å². The van der Waals surface area contributed by atoms with Gasteiger partial charge in [0, 0.05) is 19.8 Å². The zero-order chi connectivity index (χ0) is 30.2. The molecule has 4 nitrogen and oxygen atoms in total. The molecule has 4 heteroatoms. The molecule has 0 radical (unpaired) electrons. The first-order valence-corrected chi connectivity index (χ1v) is 15.8. The molecular formula is C35H66O4. The molecule has 230 valence electrons. The zero-order valence-corrected chi connectivity index (χ0v) is 27.9. The molecule has 1 atom stereocenters. The molecule has 0 aliphatic carbocycles. The Morgan fingerprint density at radius 3 is 1.67 bits per heavy atom. The minimum atomic E-state index is 0.0698. The summed E-state index contributed by atoms with van der Waals surface area (Å²) in [5.74, 6) is 1.95. The summed E-state index contributed by atoms with van der Waals surface area (Å²) in [6.07, 6.45) is 14.6. The van der Waals surface area contributed by atoms with Crippen LogP contribution in [0.5, 0.6) is 11.5 Å². The lowest BCUT2D eigenvalue weighted by Gasteiger charge is -2.36. The van der Waals surface area contributed by atoms with Gasteiger partial charge in [0.1, 0.15) is 18.1 Å². The standard InChI is InChI=1S/C28H48O3.C5H12O.C2H6/c1-8-9-10-11-12-13-14-15-17-30-24-19-23(20-25(21-24)31-18-16-29)26(28(5,6)7)22-27(2,3)4;1-3-4-5-6-2;1-2/h16,19-21,26H,8-15,17-18,22H2,1-7H3;3-5H2,1-2H3;1-2H3. The molecule has 0 aliphatic heterocycles.